The number of carboxylic acids is 1. The summed E-state index contributed by atoms with van der Waals surface area (Å²) in [5.41, 5.74) is 2.80. The van der Waals surface area contributed by atoms with Crippen molar-refractivity contribution in [3.05, 3.63) is 65.2 Å². The van der Waals surface area contributed by atoms with Crippen molar-refractivity contribution in [2.45, 2.75) is 17.6 Å². The molecule has 0 fully saturated rings. The first-order valence-electron chi connectivity index (χ1n) is 5.67. The van der Waals surface area contributed by atoms with Gasteiger partial charge in [0.15, 0.2) is 0 Å². The normalized spacial score (nSPS) is 10.3. The van der Waals surface area contributed by atoms with E-state index >= 15 is 0 Å². The predicted octanol–water partition coefficient (Wildman–Crippen LogP) is 3.99. The Bertz CT molecular complexity index is 547. The van der Waals surface area contributed by atoms with Gasteiger partial charge in [-0.2, -0.15) is 0 Å². The van der Waals surface area contributed by atoms with Crippen LogP contribution in [-0.2, 0) is 5.75 Å². The predicted molar refractivity (Wildman–Crippen MR) is 74.1 cm³/mol. The van der Waals surface area contributed by atoms with Gasteiger partial charge in [-0.05, 0) is 24.6 Å². The molecule has 18 heavy (non-hydrogen) atoms. The first-order valence-corrected chi connectivity index (χ1v) is 6.66. The number of hydrogen-bond acceptors (Lipinski definition) is 2. The lowest BCUT2D eigenvalue weighted by Crippen LogP contribution is -1.98. The van der Waals surface area contributed by atoms with Crippen LogP contribution in [0.15, 0.2) is 53.4 Å². The van der Waals surface area contributed by atoms with E-state index in [4.69, 9.17) is 5.11 Å². The van der Waals surface area contributed by atoms with Gasteiger partial charge >= 0.3 is 5.97 Å². The van der Waals surface area contributed by atoms with E-state index in [1.165, 1.54) is 11.1 Å². The van der Waals surface area contributed by atoms with Crippen LogP contribution in [0, 0.1) is 6.92 Å². The van der Waals surface area contributed by atoms with Crippen LogP contribution in [0.4, 0.5) is 0 Å². The van der Waals surface area contributed by atoms with Gasteiger partial charge in [0.05, 0.1) is 5.56 Å². The smallest absolute Gasteiger partial charge is 0.336 e. The second-order valence-electron chi connectivity index (χ2n) is 4.08. The number of rotatable bonds is 4. The maximum Gasteiger partial charge on any atom is 0.336 e. The van der Waals surface area contributed by atoms with Crippen molar-refractivity contribution in [1.82, 2.24) is 0 Å². The van der Waals surface area contributed by atoms with E-state index in [1.807, 2.05) is 12.1 Å². The molecule has 3 heteroatoms. The molecule has 1 N–H and O–H groups in total. The van der Waals surface area contributed by atoms with Gasteiger partial charge in [-0.15, -0.1) is 11.8 Å². The van der Waals surface area contributed by atoms with Crippen LogP contribution in [0.2, 0.25) is 0 Å². The summed E-state index contributed by atoms with van der Waals surface area (Å²) in [6.45, 7) is 2.05. The summed E-state index contributed by atoms with van der Waals surface area (Å²) >= 11 is 1.55. The Labute approximate surface area is 111 Å². The summed E-state index contributed by atoms with van der Waals surface area (Å²) in [7, 11) is 0. The minimum atomic E-state index is -0.873. The maximum atomic E-state index is 11.1. The van der Waals surface area contributed by atoms with Gasteiger partial charge in [-0.25, -0.2) is 4.79 Å². The second-order valence-corrected chi connectivity index (χ2v) is 5.09. The highest BCUT2D eigenvalue weighted by molar-refractivity contribution is 7.98. The maximum absolute atomic E-state index is 11.1. The zero-order valence-corrected chi connectivity index (χ0v) is 10.9. The van der Waals surface area contributed by atoms with Crippen molar-refractivity contribution in [3.63, 3.8) is 0 Å². The molecule has 92 valence electrons. The van der Waals surface area contributed by atoms with E-state index in [0.717, 1.165) is 10.6 Å². The average Bonchev–Trinajstić information content (AvgIpc) is 2.38. The minimum absolute atomic E-state index is 0.370. The highest BCUT2D eigenvalue weighted by atomic mass is 32.2. The number of thioether (sulfide) groups is 1. The van der Waals surface area contributed by atoms with Crippen molar-refractivity contribution in [1.29, 1.82) is 0 Å². The number of carbonyl (C=O) groups is 1. The molecule has 0 aliphatic heterocycles. The van der Waals surface area contributed by atoms with Gasteiger partial charge in [0.25, 0.3) is 0 Å². The molecule has 0 saturated heterocycles. The molecular weight excluding hydrogens is 244 g/mol. The molecule has 0 amide bonds. The van der Waals surface area contributed by atoms with Crippen LogP contribution in [0.5, 0.6) is 0 Å². The Morgan fingerprint density at radius 2 is 1.78 bits per heavy atom. The molecule has 0 spiro atoms. The van der Waals surface area contributed by atoms with Gasteiger partial charge in [0.2, 0.25) is 0 Å². The molecule has 2 aromatic carbocycles. The highest BCUT2D eigenvalue weighted by Crippen LogP contribution is 2.26. The zero-order chi connectivity index (χ0) is 13.0. The third-order valence-corrected chi connectivity index (χ3v) is 3.78. The van der Waals surface area contributed by atoms with E-state index < -0.39 is 5.97 Å². The van der Waals surface area contributed by atoms with E-state index in [1.54, 1.807) is 23.9 Å². The fraction of sp³-hybridized carbons (Fsp3) is 0.133. The number of hydrogen-bond donors (Lipinski definition) is 1. The molecule has 0 aliphatic carbocycles. The number of aryl methyl sites for hydroxylation is 1. The van der Waals surface area contributed by atoms with Crippen LogP contribution < -0.4 is 0 Å². The topological polar surface area (TPSA) is 37.3 Å². The molecule has 0 heterocycles. The van der Waals surface area contributed by atoms with Crippen LogP contribution in [0.3, 0.4) is 0 Å². The van der Waals surface area contributed by atoms with Gasteiger partial charge in [0, 0.05) is 10.6 Å². The Kier molecular flexibility index (Phi) is 4.05. The van der Waals surface area contributed by atoms with Crippen molar-refractivity contribution in [2.24, 2.45) is 0 Å². The van der Waals surface area contributed by atoms with E-state index in [9.17, 15) is 4.79 Å². The average molecular weight is 258 g/mol. The van der Waals surface area contributed by atoms with Crippen LogP contribution in [0.1, 0.15) is 21.5 Å². The summed E-state index contributed by atoms with van der Waals surface area (Å²) in [5, 5.41) is 9.09. The summed E-state index contributed by atoms with van der Waals surface area (Å²) in [5.74, 6) is -0.0908. The number of carboxylic acid groups (broad SMARTS) is 1. The monoisotopic (exact) mass is 258 g/mol. The highest BCUT2D eigenvalue weighted by Gasteiger charge is 2.09. The van der Waals surface area contributed by atoms with Gasteiger partial charge in [-0.3, -0.25) is 0 Å². The molecule has 0 bridgehead atoms. The Balaban J connectivity index is 2.10. The molecule has 2 nitrogen and oxygen atoms in total. The Morgan fingerprint density at radius 3 is 2.44 bits per heavy atom. The number of aromatic carboxylic acids is 1. The fourth-order valence-electron chi connectivity index (χ4n) is 1.61. The first-order chi connectivity index (χ1) is 8.66. The lowest BCUT2D eigenvalue weighted by atomic mass is 10.2. The molecule has 0 aromatic heterocycles. The van der Waals surface area contributed by atoms with Gasteiger partial charge < -0.3 is 5.11 Å². The van der Waals surface area contributed by atoms with Crippen molar-refractivity contribution < 1.29 is 9.90 Å². The van der Waals surface area contributed by atoms with Crippen LogP contribution >= 0.6 is 11.8 Å². The van der Waals surface area contributed by atoms with E-state index in [-0.39, 0.29) is 0 Å². The van der Waals surface area contributed by atoms with Crippen LogP contribution in [0.25, 0.3) is 0 Å². The lowest BCUT2D eigenvalue weighted by Gasteiger charge is -2.05. The van der Waals surface area contributed by atoms with E-state index in [0.29, 0.717) is 5.56 Å². The van der Waals surface area contributed by atoms with Crippen molar-refractivity contribution in [2.75, 3.05) is 0 Å². The zero-order valence-electron chi connectivity index (χ0n) is 10.1. The second kappa shape index (κ2) is 5.74. The molecule has 0 atom stereocenters. The van der Waals surface area contributed by atoms with Crippen molar-refractivity contribution >= 4 is 17.7 Å². The molecule has 0 radical (unpaired) electrons. The molecule has 2 rings (SSSR count). The van der Waals surface area contributed by atoms with E-state index in [2.05, 4.69) is 31.2 Å². The molecule has 0 aliphatic rings. The summed E-state index contributed by atoms with van der Waals surface area (Å²) in [6.07, 6.45) is 0. The first kappa shape index (κ1) is 12.7. The van der Waals surface area contributed by atoms with Gasteiger partial charge in [0.1, 0.15) is 0 Å². The summed E-state index contributed by atoms with van der Waals surface area (Å²) in [4.78, 5) is 11.9. The summed E-state index contributed by atoms with van der Waals surface area (Å²) < 4.78 is 0. The van der Waals surface area contributed by atoms with Crippen LogP contribution in [-0.4, -0.2) is 11.1 Å². The quantitative estimate of drug-likeness (QED) is 0.843. The third kappa shape index (κ3) is 3.14. The molecule has 0 unspecified atom stereocenters. The lowest BCUT2D eigenvalue weighted by molar-refractivity contribution is 0.0693. The fourth-order valence-corrected chi connectivity index (χ4v) is 2.61. The largest absolute Gasteiger partial charge is 0.478 e. The summed E-state index contributed by atoms with van der Waals surface area (Å²) in [6, 6.07) is 15.4. The third-order valence-electron chi connectivity index (χ3n) is 2.63. The molecular formula is C15H14O2S. The Hall–Kier alpha value is -1.74. The van der Waals surface area contributed by atoms with Gasteiger partial charge in [-0.1, -0.05) is 42.0 Å². The Morgan fingerprint density at radius 1 is 1.11 bits per heavy atom. The SMILES string of the molecule is Cc1ccc(CSc2ccccc2C(=O)O)cc1. The van der Waals surface area contributed by atoms with Crippen molar-refractivity contribution in [3.8, 4) is 0 Å². The molecule has 2 aromatic rings. The standard InChI is InChI=1S/C15H14O2S/c1-11-6-8-12(9-7-11)10-18-14-5-3-2-4-13(14)15(16)17/h2-9H,10H2,1H3,(H,16,17). The minimum Gasteiger partial charge on any atom is -0.478 e. The molecule has 0 saturated carbocycles. The number of benzene rings is 2.